The minimum absolute atomic E-state index is 0.00162. The zero-order chi connectivity index (χ0) is 37.9. The summed E-state index contributed by atoms with van der Waals surface area (Å²) in [6, 6.07) is 0. The van der Waals surface area contributed by atoms with Crippen LogP contribution >= 0.6 is 0 Å². The topological polar surface area (TPSA) is 96.0 Å². The van der Waals surface area contributed by atoms with Crippen molar-refractivity contribution in [2.45, 2.75) is 181 Å². The van der Waals surface area contributed by atoms with Crippen molar-refractivity contribution in [1.82, 2.24) is 0 Å². The van der Waals surface area contributed by atoms with E-state index in [-0.39, 0.29) is 81.9 Å². The lowest BCUT2D eigenvalue weighted by atomic mass is 9.54. The lowest BCUT2D eigenvalue weighted by Crippen LogP contribution is -2.49. The number of esters is 3. The monoisotopic (exact) mass is 691 g/mol. The minimum Gasteiger partial charge on any atom is -0.462 e. The highest BCUT2D eigenvalue weighted by Gasteiger charge is 2.63. The largest absolute Gasteiger partial charge is 0.462 e. The number of Topliss-reactive ketones (excluding diaryl/α,β-unsaturated/α-hetero) is 1. The molecule has 0 N–H and O–H groups in total. The van der Waals surface area contributed by atoms with Gasteiger partial charge < -0.3 is 14.2 Å². The molecule has 0 spiro atoms. The molecular weight excluding hydrogens is 616 g/mol. The molecule has 0 radical (unpaired) electrons. The summed E-state index contributed by atoms with van der Waals surface area (Å²) >= 11 is 0. The smallest absolute Gasteiger partial charge is 0.313 e. The van der Waals surface area contributed by atoms with Crippen LogP contribution in [-0.2, 0) is 33.4 Å². The fourth-order valence-electron chi connectivity index (χ4n) is 9.16. The van der Waals surface area contributed by atoms with Crippen LogP contribution in [-0.4, -0.2) is 43.0 Å². The number of carbonyl (C=O) groups excluding carboxylic acids is 4. The quantitative estimate of drug-likeness (QED) is 0.0543. The van der Waals surface area contributed by atoms with E-state index in [1.165, 1.54) is 13.3 Å². The molecule has 7 heteroatoms. The summed E-state index contributed by atoms with van der Waals surface area (Å²) in [5, 5.41) is 0. The number of rotatable bonds is 20. The van der Waals surface area contributed by atoms with E-state index in [4.69, 9.17) is 14.2 Å². The van der Waals surface area contributed by atoms with Crippen molar-refractivity contribution in [2.24, 2.45) is 49.7 Å². The number of ketones is 1. The van der Waals surface area contributed by atoms with Crippen molar-refractivity contribution < 1.29 is 33.4 Å². The van der Waals surface area contributed by atoms with Crippen molar-refractivity contribution in [3.63, 3.8) is 0 Å². The number of ether oxygens (including phenoxy) is 3. The highest BCUT2D eigenvalue weighted by atomic mass is 16.6. The van der Waals surface area contributed by atoms with Crippen molar-refractivity contribution in [3.05, 3.63) is 0 Å². The molecule has 0 aliphatic heterocycles. The van der Waals surface area contributed by atoms with E-state index in [0.29, 0.717) is 12.3 Å². The molecule has 0 aromatic heterocycles. The Balaban J connectivity index is 2.41. The van der Waals surface area contributed by atoms with Gasteiger partial charge in [-0.25, -0.2) is 0 Å². The highest BCUT2D eigenvalue weighted by Crippen LogP contribution is 2.66. The molecule has 49 heavy (non-hydrogen) atoms. The molecule has 2 saturated carbocycles. The normalized spacial score (nSPS) is 26.2. The van der Waals surface area contributed by atoms with Crippen LogP contribution in [0, 0.1) is 49.7 Å². The maximum absolute atomic E-state index is 14.6. The number of hydrogen-bond acceptors (Lipinski definition) is 7. The Morgan fingerprint density at radius 2 is 1.39 bits per heavy atom. The van der Waals surface area contributed by atoms with Gasteiger partial charge in [0.25, 0.3) is 0 Å². The summed E-state index contributed by atoms with van der Waals surface area (Å²) in [5.41, 5.74) is -1.74. The first kappa shape index (κ1) is 43.2. The van der Waals surface area contributed by atoms with Crippen LogP contribution in [0.3, 0.4) is 0 Å². The van der Waals surface area contributed by atoms with Gasteiger partial charge in [-0.2, -0.15) is 0 Å². The summed E-state index contributed by atoms with van der Waals surface area (Å²) in [5.74, 6) is -0.922. The third kappa shape index (κ3) is 9.31. The van der Waals surface area contributed by atoms with E-state index in [1.54, 1.807) is 0 Å². The van der Waals surface area contributed by atoms with Crippen molar-refractivity contribution in [2.75, 3.05) is 13.2 Å². The Morgan fingerprint density at radius 3 is 1.84 bits per heavy atom. The second-order valence-corrected chi connectivity index (χ2v) is 19.1. The maximum atomic E-state index is 14.6. The predicted octanol–water partition coefficient (Wildman–Crippen LogP) is 10.3. The first-order valence-corrected chi connectivity index (χ1v) is 19.4. The summed E-state index contributed by atoms with van der Waals surface area (Å²) in [6.45, 7) is 32.3. The van der Waals surface area contributed by atoms with Crippen molar-refractivity contribution in [1.29, 1.82) is 0 Å². The molecule has 7 unspecified atom stereocenters. The summed E-state index contributed by atoms with van der Waals surface area (Å²) < 4.78 is 17.6. The molecule has 0 aromatic rings. The van der Waals surface area contributed by atoms with Gasteiger partial charge in [0.15, 0.2) is 0 Å². The van der Waals surface area contributed by atoms with Crippen LogP contribution in [0.1, 0.15) is 174 Å². The van der Waals surface area contributed by atoms with Gasteiger partial charge >= 0.3 is 17.9 Å². The molecule has 7 nitrogen and oxygen atoms in total. The minimum atomic E-state index is -0.841. The van der Waals surface area contributed by atoms with E-state index < -0.39 is 11.4 Å². The lowest BCUT2D eigenvalue weighted by Gasteiger charge is -2.50. The molecule has 0 heterocycles. The fourth-order valence-corrected chi connectivity index (χ4v) is 9.16. The zero-order valence-electron chi connectivity index (χ0n) is 34.3. The molecule has 2 aliphatic carbocycles. The second-order valence-electron chi connectivity index (χ2n) is 19.1. The van der Waals surface area contributed by atoms with Crippen molar-refractivity contribution in [3.8, 4) is 0 Å². The van der Waals surface area contributed by atoms with Crippen LogP contribution < -0.4 is 0 Å². The Kier molecular flexibility index (Phi) is 13.9. The highest BCUT2D eigenvalue weighted by molar-refractivity contribution is 5.94. The molecule has 2 bridgehead atoms. The first-order valence-electron chi connectivity index (χ1n) is 19.4. The molecule has 0 saturated heterocycles. The van der Waals surface area contributed by atoms with Gasteiger partial charge in [-0.3, -0.25) is 19.2 Å². The van der Waals surface area contributed by atoms with E-state index in [2.05, 4.69) is 90.0 Å². The SMILES string of the molecule is CCC(C)(C)CC(C(=O)OC1CC2CCC1(C)C2(C)C)C(C)(CC)CC(C)(CC)CC(C)(C(=O)OCCOC(=O)CC(C)=O)C(C)(C)CC. The Morgan fingerprint density at radius 1 is 0.796 bits per heavy atom. The van der Waals surface area contributed by atoms with Crippen LogP contribution in [0.5, 0.6) is 0 Å². The standard InChI is InChI=1S/C42H74O7/c1-16-36(6,7)26-31(34(45)49-32-25-30-20-21-41(32,14)38(30,10)11)40(13,19-4)27-39(12,18-3)28-42(15,37(8,9)17-2)35(46)48-23-22-47-33(44)24-29(5)43/h30-32H,16-28H2,1-15H3. The van der Waals surface area contributed by atoms with Crippen LogP contribution in [0.2, 0.25) is 0 Å². The summed E-state index contributed by atoms with van der Waals surface area (Å²) in [4.78, 5) is 51.7. The summed E-state index contributed by atoms with van der Waals surface area (Å²) in [7, 11) is 0. The van der Waals surface area contributed by atoms with Gasteiger partial charge in [0, 0.05) is 5.41 Å². The van der Waals surface area contributed by atoms with Crippen LogP contribution in [0.4, 0.5) is 0 Å². The molecule has 2 fully saturated rings. The molecular formula is C42H74O7. The Labute approximate surface area is 300 Å². The molecule has 284 valence electrons. The third-order valence-electron chi connectivity index (χ3n) is 14.9. The third-order valence-corrected chi connectivity index (χ3v) is 14.9. The van der Waals surface area contributed by atoms with E-state index in [9.17, 15) is 19.2 Å². The molecule has 0 amide bonds. The van der Waals surface area contributed by atoms with Crippen LogP contribution in [0.25, 0.3) is 0 Å². The van der Waals surface area contributed by atoms with Gasteiger partial charge in [0.2, 0.25) is 0 Å². The maximum Gasteiger partial charge on any atom is 0.313 e. The fraction of sp³-hybridized carbons (Fsp3) is 0.905. The zero-order valence-corrected chi connectivity index (χ0v) is 34.3. The Bertz CT molecular complexity index is 1190. The Hall–Kier alpha value is -1.92. The average molecular weight is 691 g/mol. The molecule has 2 rings (SSSR count). The molecule has 2 aliphatic rings. The van der Waals surface area contributed by atoms with E-state index in [1.807, 2.05) is 6.92 Å². The van der Waals surface area contributed by atoms with Gasteiger partial charge in [-0.05, 0) is 98.2 Å². The molecule has 7 atom stereocenters. The lowest BCUT2D eigenvalue weighted by molar-refractivity contribution is -0.174. The van der Waals surface area contributed by atoms with Gasteiger partial charge in [0.1, 0.15) is 31.5 Å². The van der Waals surface area contributed by atoms with E-state index >= 15 is 0 Å². The number of hydrogen-bond donors (Lipinski definition) is 0. The first-order chi connectivity index (χ1) is 22.3. The van der Waals surface area contributed by atoms with Crippen LogP contribution in [0.15, 0.2) is 0 Å². The summed E-state index contributed by atoms with van der Waals surface area (Å²) in [6.07, 6.45) is 8.45. The average Bonchev–Trinajstić information content (AvgIpc) is 3.34. The predicted molar refractivity (Wildman–Crippen MR) is 197 cm³/mol. The van der Waals surface area contributed by atoms with Gasteiger partial charge in [-0.1, -0.05) is 103 Å². The molecule has 0 aromatic carbocycles. The second kappa shape index (κ2) is 15.8. The van der Waals surface area contributed by atoms with Gasteiger partial charge in [0.05, 0.1) is 11.3 Å². The number of carbonyl (C=O) groups is 4. The van der Waals surface area contributed by atoms with Gasteiger partial charge in [-0.15, -0.1) is 0 Å². The van der Waals surface area contributed by atoms with E-state index in [0.717, 1.165) is 51.4 Å². The van der Waals surface area contributed by atoms with Crippen molar-refractivity contribution >= 4 is 23.7 Å². The number of fused-ring (bicyclic) bond motifs is 2.